The first kappa shape index (κ1) is 26.7. The van der Waals surface area contributed by atoms with Gasteiger partial charge in [-0.3, -0.25) is 9.10 Å². The van der Waals surface area contributed by atoms with Crippen LogP contribution in [0.2, 0.25) is 0 Å². The molecular formula is C25H27F2N3O5S. The van der Waals surface area contributed by atoms with E-state index in [0.717, 1.165) is 16.4 Å². The maximum absolute atomic E-state index is 14.5. The van der Waals surface area contributed by atoms with E-state index in [1.54, 1.807) is 31.1 Å². The molecule has 0 aliphatic rings. The van der Waals surface area contributed by atoms with E-state index in [4.69, 9.17) is 15.2 Å². The van der Waals surface area contributed by atoms with E-state index in [1.807, 2.05) is 0 Å². The molecule has 0 atom stereocenters. The normalized spacial score (nSPS) is 11.2. The number of sulfonamides is 1. The summed E-state index contributed by atoms with van der Waals surface area (Å²) < 4.78 is 67.8. The third-order valence-electron chi connectivity index (χ3n) is 5.53. The highest BCUT2D eigenvalue weighted by molar-refractivity contribution is 7.92. The van der Waals surface area contributed by atoms with Crippen molar-refractivity contribution in [2.24, 2.45) is 5.73 Å². The molecule has 0 saturated carbocycles. The highest BCUT2D eigenvalue weighted by Crippen LogP contribution is 2.35. The molecule has 11 heteroatoms. The van der Waals surface area contributed by atoms with E-state index in [1.165, 1.54) is 44.6 Å². The Labute approximate surface area is 208 Å². The Balaban J connectivity index is 2.24. The van der Waals surface area contributed by atoms with Crippen molar-refractivity contribution in [3.63, 3.8) is 0 Å². The van der Waals surface area contributed by atoms with Crippen LogP contribution in [0.15, 0.2) is 59.5 Å². The van der Waals surface area contributed by atoms with Crippen LogP contribution in [-0.4, -0.2) is 49.2 Å². The van der Waals surface area contributed by atoms with Crippen LogP contribution in [0, 0.1) is 11.6 Å². The Hall–Kier alpha value is -3.86. The number of benzene rings is 3. The molecule has 0 spiro atoms. The minimum absolute atomic E-state index is 0.0532. The zero-order valence-corrected chi connectivity index (χ0v) is 21.1. The minimum Gasteiger partial charge on any atom is -0.493 e. The number of carbonyl (C=O) groups excluding carboxylic acids is 1. The molecule has 8 nitrogen and oxygen atoms in total. The minimum atomic E-state index is -4.39. The third-order valence-corrected chi connectivity index (χ3v) is 7.28. The number of amides is 1. The third kappa shape index (κ3) is 5.51. The van der Waals surface area contributed by atoms with Gasteiger partial charge in [-0.15, -0.1) is 0 Å². The Morgan fingerprint density at radius 3 is 2.14 bits per heavy atom. The topological polar surface area (TPSA) is 102 Å². The highest BCUT2D eigenvalue weighted by Gasteiger charge is 2.30. The molecule has 0 radical (unpaired) electrons. The van der Waals surface area contributed by atoms with Gasteiger partial charge in [-0.05, 0) is 42.0 Å². The van der Waals surface area contributed by atoms with Crippen molar-refractivity contribution in [3.8, 4) is 11.5 Å². The number of methoxy groups -OCH3 is 2. The van der Waals surface area contributed by atoms with E-state index >= 15 is 0 Å². The van der Waals surface area contributed by atoms with Crippen molar-refractivity contribution in [2.45, 2.75) is 11.3 Å². The van der Waals surface area contributed by atoms with Gasteiger partial charge in [-0.1, -0.05) is 12.1 Å². The highest BCUT2D eigenvalue weighted by atomic mass is 32.2. The molecule has 0 heterocycles. The van der Waals surface area contributed by atoms with Crippen LogP contribution in [0.25, 0.3) is 0 Å². The lowest BCUT2D eigenvalue weighted by Gasteiger charge is -2.27. The van der Waals surface area contributed by atoms with Crippen molar-refractivity contribution in [1.29, 1.82) is 0 Å². The fraction of sp³-hybridized carbons (Fsp3) is 0.240. The van der Waals surface area contributed by atoms with Crippen molar-refractivity contribution >= 4 is 27.3 Å². The molecule has 3 aromatic rings. The Morgan fingerprint density at radius 2 is 1.58 bits per heavy atom. The van der Waals surface area contributed by atoms with Crippen LogP contribution >= 0.6 is 0 Å². The van der Waals surface area contributed by atoms with E-state index in [2.05, 4.69) is 0 Å². The van der Waals surface area contributed by atoms with Gasteiger partial charge in [0.15, 0.2) is 11.5 Å². The van der Waals surface area contributed by atoms with Gasteiger partial charge >= 0.3 is 0 Å². The number of anilines is 2. The molecule has 192 valence electrons. The Morgan fingerprint density at radius 1 is 0.944 bits per heavy atom. The van der Waals surface area contributed by atoms with E-state index in [-0.39, 0.29) is 33.9 Å². The van der Waals surface area contributed by atoms with Gasteiger partial charge in [-0.25, -0.2) is 17.2 Å². The molecule has 1 amide bonds. The number of hydrogen-bond donors (Lipinski definition) is 1. The number of halogens is 2. The Bertz CT molecular complexity index is 1360. The first-order chi connectivity index (χ1) is 17.0. The van der Waals surface area contributed by atoms with Gasteiger partial charge in [0.2, 0.25) is 5.91 Å². The van der Waals surface area contributed by atoms with Gasteiger partial charge in [0, 0.05) is 37.8 Å². The van der Waals surface area contributed by atoms with Gasteiger partial charge < -0.3 is 20.1 Å². The second-order valence-corrected chi connectivity index (χ2v) is 9.94. The molecular weight excluding hydrogens is 492 g/mol. The summed E-state index contributed by atoms with van der Waals surface area (Å²) in [5.74, 6) is -2.00. The number of hydrogen-bond acceptors (Lipinski definition) is 6. The van der Waals surface area contributed by atoms with Crippen molar-refractivity contribution in [1.82, 2.24) is 0 Å². The molecule has 3 rings (SSSR count). The average Bonchev–Trinajstić information content (AvgIpc) is 2.84. The second-order valence-electron chi connectivity index (χ2n) is 8.08. The molecule has 0 fully saturated rings. The van der Waals surface area contributed by atoms with E-state index in [9.17, 15) is 22.0 Å². The van der Waals surface area contributed by atoms with Crippen molar-refractivity contribution in [3.05, 3.63) is 77.4 Å². The fourth-order valence-electron chi connectivity index (χ4n) is 3.65. The number of carbonyl (C=O) groups is 1. The summed E-state index contributed by atoms with van der Waals surface area (Å²) in [5.41, 5.74) is 6.12. The zero-order valence-electron chi connectivity index (χ0n) is 20.3. The molecule has 2 N–H and O–H groups in total. The van der Waals surface area contributed by atoms with Crippen LogP contribution < -0.4 is 24.4 Å². The zero-order chi connectivity index (χ0) is 26.6. The number of primary amides is 1. The number of nitrogens with zero attached hydrogens (tertiary/aromatic N) is 2. The summed E-state index contributed by atoms with van der Waals surface area (Å²) in [6.07, 6.45) is -0.266. The largest absolute Gasteiger partial charge is 0.493 e. The van der Waals surface area contributed by atoms with Crippen molar-refractivity contribution in [2.75, 3.05) is 44.1 Å². The lowest BCUT2D eigenvalue weighted by atomic mass is 10.0. The Kier molecular flexibility index (Phi) is 8.03. The molecule has 3 aromatic carbocycles. The molecule has 0 saturated heterocycles. The summed E-state index contributed by atoms with van der Waals surface area (Å²) in [6, 6.07) is 12.2. The van der Waals surface area contributed by atoms with Crippen LogP contribution in [0.3, 0.4) is 0 Å². The van der Waals surface area contributed by atoms with Gasteiger partial charge in [0.05, 0.1) is 24.8 Å². The molecule has 0 unspecified atom stereocenters. The maximum atomic E-state index is 14.5. The second kappa shape index (κ2) is 10.8. The van der Waals surface area contributed by atoms with Gasteiger partial charge in [0.1, 0.15) is 18.2 Å². The summed E-state index contributed by atoms with van der Waals surface area (Å²) in [4.78, 5) is 13.6. The summed E-state index contributed by atoms with van der Waals surface area (Å²) in [6.45, 7) is -0.708. The van der Waals surface area contributed by atoms with Crippen LogP contribution in [-0.2, 0) is 21.2 Å². The van der Waals surface area contributed by atoms with Crippen LogP contribution in [0.1, 0.15) is 11.1 Å². The van der Waals surface area contributed by atoms with Gasteiger partial charge in [0.25, 0.3) is 10.0 Å². The summed E-state index contributed by atoms with van der Waals surface area (Å²) >= 11 is 0. The monoisotopic (exact) mass is 519 g/mol. The standard InChI is InChI=1S/C25H27F2N3O5S/c1-29(2)17-9-8-16(12-19-20(26)6-5-7-21(19)27)22(13-17)30(15-25(28)31)36(32,33)18-10-11-23(34-3)24(14-18)35-4/h5-11,13-14H,12,15H2,1-4H3,(H2,28,31). The quantitative estimate of drug-likeness (QED) is 0.441. The van der Waals surface area contributed by atoms with Crippen molar-refractivity contribution < 1.29 is 31.5 Å². The number of nitrogens with two attached hydrogens (primary N) is 1. The predicted molar refractivity (Wildman–Crippen MR) is 133 cm³/mol. The van der Waals surface area contributed by atoms with E-state index in [0.29, 0.717) is 11.4 Å². The first-order valence-corrected chi connectivity index (χ1v) is 12.2. The lowest BCUT2D eigenvalue weighted by Crippen LogP contribution is -2.39. The van der Waals surface area contributed by atoms with Gasteiger partial charge in [-0.2, -0.15) is 0 Å². The first-order valence-electron chi connectivity index (χ1n) is 10.8. The summed E-state index contributed by atoms with van der Waals surface area (Å²) in [7, 11) is 1.87. The van der Waals surface area contributed by atoms with Crippen LogP contribution in [0.5, 0.6) is 11.5 Å². The number of rotatable bonds is 10. The molecule has 0 aliphatic carbocycles. The predicted octanol–water partition coefficient (Wildman–Crippen LogP) is 3.32. The average molecular weight is 520 g/mol. The fourth-order valence-corrected chi connectivity index (χ4v) is 5.13. The smallest absolute Gasteiger partial charge is 0.264 e. The molecule has 36 heavy (non-hydrogen) atoms. The summed E-state index contributed by atoms with van der Waals surface area (Å²) in [5, 5.41) is 0. The maximum Gasteiger partial charge on any atom is 0.264 e. The lowest BCUT2D eigenvalue weighted by molar-refractivity contribution is -0.116. The SMILES string of the molecule is COc1ccc(S(=O)(=O)N(CC(N)=O)c2cc(N(C)C)ccc2Cc2c(F)cccc2F)cc1OC. The molecule has 0 bridgehead atoms. The number of ether oxygens (including phenoxy) is 2. The van der Waals surface area contributed by atoms with E-state index < -0.39 is 34.1 Å². The van der Waals surface area contributed by atoms with Crippen LogP contribution in [0.4, 0.5) is 20.2 Å². The molecule has 0 aliphatic heterocycles. The molecule has 0 aromatic heterocycles.